The van der Waals surface area contributed by atoms with Gasteiger partial charge in [-0.15, -0.1) is 0 Å². The summed E-state index contributed by atoms with van der Waals surface area (Å²) in [4.78, 5) is 13.5. The molecule has 1 unspecified atom stereocenters. The summed E-state index contributed by atoms with van der Waals surface area (Å²) in [5.74, 6) is 0.00966. The van der Waals surface area contributed by atoms with E-state index in [4.69, 9.17) is 4.74 Å². The van der Waals surface area contributed by atoms with E-state index in [0.29, 0.717) is 6.42 Å². The third-order valence-corrected chi connectivity index (χ3v) is 3.74. The molecule has 1 aliphatic carbocycles. The van der Waals surface area contributed by atoms with Crippen LogP contribution in [0.3, 0.4) is 0 Å². The number of rotatable bonds is 11. The number of aliphatic carboxylic acids is 1. The van der Waals surface area contributed by atoms with Gasteiger partial charge in [0.15, 0.2) is 0 Å². The quantitative estimate of drug-likeness (QED) is 0.565. The molecule has 118 valence electrons. The SMILES string of the molecule is CC(C)NC(C)(CCN(C)CCOCC1CC1)C(=O)O. The molecule has 0 spiro atoms. The van der Waals surface area contributed by atoms with Crippen molar-refractivity contribution < 1.29 is 14.6 Å². The fourth-order valence-corrected chi connectivity index (χ4v) is 2.16. The van der Waals surface area contributed by atoms with Gasteiger partial charge in [-0.3, -0.25) is 10.1 Å². The molecule has 1 rings (SSSR count). The summed E-state index contributed by atoms with van der Waals surface area (Å²) in [5.41, 5.74) is -0.864. The summed E-state index contributed by atoms with van der Waals surface area (Å²) in [7, 11) is 2.01. The topological polar surface area (TPSA) is 61.8 Å². The Bertz CT molecular complexity index is 305. The fourth-order valence-electron chi connectivity index (χ4n) is 2.16. The molecule has 0 saturated heterocycles. The van der Waals surface area contributed by atoms with Gasteiger partial charge in [-0.1, -0.05) is 0 Å². The maximum atomic E-state index is 11.4. The van der Waals surface area contributed by atoms with Gasteiger partial charge in [0.05, 0.1) is 6.61 Å². The monoisotopic (exact) mass is 286 g/mol. The molecule has 5 nitrogen and oxygen atoms in total. The van der Waals surface area contributed by atoms with Crippen LogP contribution in [0.15, 0.2) is 0 Å². The van der Waals surface area contributed by atoms with Crippen molar-refractivity contribution in [2.45, 2.75) is 51.6 Å². The Morgan fingerprint density at radius 1 is 1.45 bits per heavy atom. The summed E-state index contributed by atoms with van der Waals surface area (Å²) in [6, 6.07) is 0.156. The highest BCUT2D eigenvalue weighted by Crippen LogP contribution is 2.28. The number of carboxylic acid groups (broad SMARTS) is 1. The zero-order chi connectivity index (χ0) is 15.2. The van der Waals surface area contributed by atoms with E-state index in [-0.39, 0.29) is 6.04 Å². The smallest absolute Gasteiger partial charge is 0.323 e. The zero-order valence-electron chi connectivity index (χ0n) is 13.3. The van der Waals surface area contributed by atoms with E-state index < -0.39 is 11.5 Å². The Morgan fingerprint density at radius 2 is 2.10 bits per heavy atom. The Kier molecular flexibility index (Phi) is 6.92. The minimum absolute atomic E-state index is 0.156. The second-order valence-corrected chi connectivity index (χ2v) is 6.51. The first-order valence-electron chi connectivity index (χ1n) is 7.61. The number of carbonyl (C=O) groups is 1. The molecule has 0 aliphatic heterocycles. The van der Waals surface area contributed by atoms with Gasteiger partial charge >= 0.3 is 5.97 Å². The predicted molar refractivity (Wildman–Crippen MR) is 80.0 cm³/mol. The molecule has 0 heterocycles. The number of likely N-dealkylation sites (N-methyl/N-ethyl adjacent to an activating group) is 1. The zero-order valence-corrected chi connectivity index (χ0v) is 13.3. The first-order valence-corrected chi connectivity index (χ1v) is 7.61. The maximum Gasteiger partial charge on any atom is 0.323 e. The molecule has 1 saturated carbocycles. The number of hydrogen-bond acceptors (Lipinski definition) is 4. The highest BCUT2D eigenvalue weighted by molar-refractivity contribution is 5.78. The fraction of sp³-hybridized carbons (Fsp3) is 0.933. The molecule has 1 aliphatic rings. The van der Waals surface area contributed by atoms with Crippen molar-refractivity contribution in [3.05, 3.63) is 0 Å². The number of carboxylic acids is 1. The van der Waals surface area contributed by atoms with Crippen molar-refractivity contribution in [1.29, 1.82) is 0 Å². The van der Waals surface area contributed by atoms with Gasteiger partial charge in [-0.25, -0.2) is 0 Å². The molecule has 2 N–H and O–H groups in total. The summed E-state index contributed by atoms with van der Waals surface area (Å²) in [6.45, 7) is 8.91. The average Bonchev–Trinajstić information content (AvgIpc) is 3.15. The van der Waals surface area contributed by atoms with Crippen LogP contribution in [0.2, 0.25) is 0 Å². The van der Waals surface area contributed by atoms with Crippen LogP contribution in [0.4, 0.5) is 0 Å². The van der Waals surface area contributed by atoms with E-state index in [2.05, 4.69) is 10.2 Å². The molecular formula is C15H30N2O3. The van der Waals surface area contributed by atoms with Crippen molar-refractivity contribution in [3.63, 3.8) is 0 Å². The normalized spacial score (nSPS) is 18.5. The Hall–Kier alpha value is -0.650. The molecule has 0 aromatic heterocycles. The Morgan fingerprint density at radius 3 is 2.60 bits per heavy atom. The Labute approximate surface area is 122 Å². The largest absolute Gasteiger partial charge is 0.480 e. The van der Waals surface area contributed by atoms with Gasteiger partial charge in [0, 0.05) is 25.7 Å². The van der Waals surface area contributed by atoms with Crippen LogP contribution in [-0.4, -0.2) is 60.9 Å². The van der Waals surface area contributed by atoms with Gasteiger partial charge in [0.2, 0.25) is 0 Å². The van der Waals surface area contributed by atoms with Crippen LogP contribution in [0.1, 0.15) is 40.0 Å². The van der Waals surface area contributed by atoms with Gasteiger partial charge in [0.1, 0.15) is 5.54 Å². The van der Waals surface area contributed by atoms with Crippen LogP contribution >= 0.6 is 0 Å². The van der Waals surface area contributed by atoms with Crippen molar-refractivity contribution >= 4 is 5.97 Å². The molecule has 20 heavy (non-hydrogen) atoms. The van der Waals surface area contributed by atoms with Crippen molar-refractivity contribution in [2.24, 2.45) is 5.92 Å². The van der Waals surface area contributed by atoms with E-state index in [9.17, 15) is 9.90 Å². The summed E-state index contributed by atoms with van der Waals surface area (Å²) in [5, 5.41) is 12.5. The molecule has 0 bridgehead atoms. The van der Waals surface area contributed by atoms with Crippen molar-refractivity contribution in [1.82, 2.24) is 10.2 Å². The van der Waals surface area contributed by atoms with Crippen molar-refractivity contribution in [2.75, 3.05) is 33.4 Å². The second-order valence-electron chi connectivity index (χ2n) is 6.51. The third kappa shape index (κ3) is 6.68. The molecule has 5 heteroatoms. The number of hydrogen-bond donors (Lipinski definition) is 2. The first-order chi connectivity index (χ1) is 9.33. The van der Waals surface area contributed by atoms with E-state index in [0.717, 1.165) is 32.2 Å². The van der Waals surface area contributed by atoms with Crippen molar-refractivity contribution in [3.8, 4) is 0 Å². The standard InChI is InChI=1S/C15H30N2O3/c1-12(2)16-15(3,14(18)19)7-8-17(4)9-10-20-11-13-5-6-13/h12-13,16H,5-11H2,1-4H3,(H,18,19). The molecule has 0 amide bonds. The minimum Gasteiger partial charge on any atom is -0.480 e. The van der Waals surface area contributed by atoms with Gasteiger partial charge in [0.25, 0.3) is 0 Å². The maximum absolute atomic E-state index is 11.4. The van der Waals surface area contributed by atoms with Crippen LogP contribution in [0, 0.1) is 5.92 Å². The molecule has 1 fully saturated rings. The van der Waals surface area contributed by atoms with Crippen LogP contribution in [0.5, 0.6) is 0 Å². The van der Waals surface area contributed by atoms with E-state index in [1.165, 1.54) is 12.8 Å². The van der Waals surface area contributed by atoms with Crippen LogP contribution in [-0.2, 0) is 9.53 Å². The predicted octanol–water partition coefficient (Wildman–Crippen LogP) is 1.58. The highest BCUT2D eigenvalue weighted by Gasteiger charge is 2.33. The summed E-state index contributed by atoms with van der Waals surface area (Å²) in [6.07, 6.45) is 3.21. The van der Waals surface area contributed by atoms with Gasteiger partial charge in [-0.2, -0.15) is 0 Å². The van der Waals surface area contributed by atoms with Gasteiger partial charge < -0.3 is 14.7 Å². The molecule has 1 atom stereocenters. The average molecular weight is 286 g/mol. The van der Waals surface area contributed by atoms with Crippen LogP contribution < -0.4 is 5.32 Å². The lowest BCUT2D eigenvalue weighted by Crippen LogP contribution is -2.53. The lowest BCUT2D eigenvalue weighted by Gasteiger charge is -2.30. The molecule has 0 aromatic rings. The summed E-state index contributed by atoms with van der Waals surface area (Å²) < 4.78 is 5.60. The first kappa shape index (κ1) is 17.4. The molecular weight excluding hydrogens is 256 g/mol. The minimum atomic E-state index is -0.864. The number of nitrogens with zero attached hydrogens (tertiary/aromatic N) is 1. The van der Waals surface area contributed by atoms with E-state index in [1.807, 2.05) is 20.9 Å². The number of ether oxygens (including phenoxy) is 1. The number of nitrogens with one attached hydrogen (secondary N) is 1. The highest BCUT2D eigenvalue weighted by atomic mass is 16.5. The second kappa shape index (κ2) is 7.96. The third-order valence-electron chi connectivity index (χ3n) is 3.74. The molecule has 0 aromatic carbocycles. The lowest BCUT2D eigenvalue weighted by atomic mass is 9.96. The Balaban J connectivity index is 2.21. The summed E-state index contributed by atoms with van der Waals surface area (Å²) >= 11 is 0. The van der Waals surface area contributed by atoms with E-state index >= 15 is 0 Å². The molecule has 0 radical (unpaired) electrons. The van der Waals surface area contributed by atoms with Gasteiger partial charge in [-0.05, 0) is 53.0 Å². The van der Waals surface area contributed by atoms with Crippen LogP contribution in [0.25, 0.3) is 0 Å². The lowest BCUT2D eigenvalue weighted by molar-refractivity contribution is -0.144. The van der Waals surface area contributed by atoms with E-state index in [1.54, 1.807) is 6.92 Å².